The monoisotopic (exact) mass is 262 g/mol. The minimum atomic E-state index is -0.301. The van der Waals surface area contributed by atoms with Gasteiger partial charge in [0.2, 0.25) is 0 Å². The van der Waals surface area contributed by atoms with E-state index in [4.69, 9.17) is 17.3 Å². The highest BCUT2D eigenvalue weighted by Crippen LogP contribution is 2.24. The van der Waals surface area contributed by atoms with Gasteiger partial charge < -0.3 is 5.73 Å². The lowest BCUT2D eigenvalue weighted by molar-refractivity contribution is 0.628. The van der Waals surface area contributed by atoms with Gasteiger partial charge in [-0.15, -0.1) is 10.2 Å². The lowest BCUT2D eigenvalue weighted by Gasteiger charge is -2.02. The number of nitrogen functional groups attached to an aromatic ring is 1. The molecule has 0 fully saturated rings. The van der Waals surface area contributed by atoms with Gasteiger partial charge in [-0.05, 0) is 30.3 Å². The number of benzene rings is 1. The number of nitrogens with zero attached hydrogens (tertiary/aromatic N) is 3. The van der Waals surface area contributed by atoms with Crippen LogP contribution in [0.4, 0.5) is 10.1 Å². The summed E-state index contributed by atoms with van der Waals surface area (Å²) in [6.45, 7) is 0. The first-order chi connectivity index (χ1) is 8.65. The molecule has 2 aromatic heterocycles. The van der Waals surface area contributed by atoms with Crippen molar-refractivity contribution in [3.05, 3.63) is 47.4 Å². The van der Waals surface area contributed by atoms with Gasteiger partial charge in [0.25, 0.3) is 0 Å². The summed E-state index contributed by atoms with van der Waals surface area (Å²) in [7, 11) is 0. The quantitative estimate of drug-likeness (QED) is 0.734. The molecule has 6 heteroatoms. The number of pyridine rings is 1. The van der Waals surface area contributed by atoms with Crippen LogP contribution < -0.4 is 5.73 Å². The number of fused-ring (bicyclic) bond motifs is 1. The molecule has 0 saturated carbocycles. The van der Waals surface area contributed by atoms with Crippen LogP contribution in [0.1, 0.15) is 0 Å². The summed E-state index contributed by atoms with van der Waals surface area (Å²) in [5.74, 6) is 0.268. The van der Waals surface area contributed by atoms with Crippen LogP contribution in [0.5, 0.6) is 0 Å². The van der Waals surface area contributed by atoms with E-state index in [0.717, 1.165) is 5.56 Å². The molecule has 0 atom stereocenters. The van der Waals surface area contributed by atoms with Crippen LogP contribution in [0.25, 0.3) is 17.0 Å². The fraction of sp³-hybridized carbons (Fsp3) is 0. The number of nitrogens with two attached hydrogens (primary N) is 1. The van der Waals surface area contributed by atoms with E-state index in [9.17, 15) is 4.39 Å². The number of anilines is 1. The summed E-state index contributed by atoms with van der Waals surface area (Å²) in [6, 6.07) is 7.60. The van der Waals surface area contributed by atoms with Crippen LogP contribution in [0.15, 0.2) is 36.5 Å². The van der Waals surface area contributed by atoms with Crippen molar-refractivity contribution in [3.63, 3.8) is 0 Å². The predicted molar refractivity (Wildman–Crippen MR) is 67.8 cm³/mol. The van der Waals surface area contributed by atoms with Crippen molar-refractivity contribution < 1.29 is 4.39 Å². The topological polar surface area (TPSA) is 56.2 Å². The first-order valence-corrected chi connectivity index (χ1v) is 5.58. The average Bonchev–Trinajstić information content (AvgIpc) is 2.74. The van der Waals surface area contributed by atoms with E-state index >= 15 is 0 Å². The van der Waals surface area contributed by atoms with Crippen molar-refractivity contribution in [2.24, 2.45) is 0 Å². The standard InChI is InChI=1S/C12H8ClFN4/c13-8-5-10(15)12-17-16-11(18(12)6-8)7-1-3-9(14)4-2-7/h1-6H,15H2. The minimum Gasteiger partial charge on any atom is -0.396 e. The first-order valence-electron chi connectivity index (χ1n) is 5.21. The molecule has 0 aliphatic heterocycles. The Bertz CT molecular complexity index is 721. The second-order valence-electron chi connectivity index (χ2n) is 3.84. The molecule has 18 heavy (non-hydrogen) atoms. The largest absolute Gasteiger partial charge is 0.396 e. The third kappa shape index (κ3) is 1.69. The van der Waals surface area contributed by atoms with Gasteiger partial charge in [-0.3, -0.25) is 4.40 Å². The molecule has 0 bridgehead atoms. The molecule has 0 amide bonds. The highest BCUT2D eigenvalue weighted by molar-refractivity contribution is 6.30. The maximum Gasteiger partial charge on any atom is 0.184 e. The normalized spacial score (nSPS) is 11.0. The molecule has 0 spiro atoms. The highest BCUT2D eigenvalue weighted by atomic mass is 35.5. The molecular weight excluding hydrogens is 255 g/mol. The summed E-state index contributed by atoms with van der Waals surface area (Å²) in [5.41, 5.74) is 7.52. The Kier molecular flexibility index (Phi) is 2.41. The number of halogens is 2. The second-order valence-corrected chi connectivity index (χ2v) is 4.27. The number of rotatable bonds is 1. The van der Waals surface area contributed by atoms with Crippen molar-refractivity contribution in [1.29, 1.82) is 0 Å². The van der Waals surface area contributed by atoms with Crippen molar-refractivity contribution in [1.82, 2.24) is 14.6 Å². The first kappa shape index (κ1) is 11.0. The Morgan fingerprint density at radius 2 is 1.89 bits per heavy atom. The van der Waals surface area contributed by atoms with Gasteiger partial charge in [-0.25, -0.2) is 4.39 Å². The summed E-state index contributed by atoms with van der Waals surface area (Å²) >= 11 is 5.95. The summed E-state index contributed by atoms with van der Waals surface area (Å²) in [5, 5.41) is 8.53. The van der Waals surface area contributed by atoms with E-state index in [2.05, 4.69) is 10.2 Å². The van der Waals surface area contributed by atoms with Crippen molar-refractivity contribution >= 4 is 22.9 Å². The van der Waals surface area contributed by atoms with Gasteiger partial charge in [0, 0.05) is 11.8 Å². The fourth-order valence-corrected chi connectivity index (χ4v) is 2.00. The summed E-state index contributed by atoms with van der Waals surface area (Å²) in [6.07, 6.45) is 1.67. The Balaban J connectivity index is 2.27. The molecule has 2 heterocycles. The van der Waals surface area contributed by atoms with E-state index in [1.807, 2.05) is 0 Å². The Hall–Kier alpha value is -2.14. The summed E-state index contributed by atoms with van der Waals surface area (Å²) < 4.78 is 14.6. The predicted octanol–water partition coefficient (Wildman–Crippen LogP) is 2.77. The smallest absolute Gasteiger partial charge is 0.184 e. The molecule has 0 saturated heterocycles. The lowest BCUT2D eigenvalue weighted by Crippen LogP contribution is -1.94. The highest BCUT2D eigenvalue weighted by Gasteiger charge is 2.11. The fourth-order valence-electron chi connectivity index (χ4n) is 1.78. The van der Waals surface area contributed by atoms with E-state index in [1.54, 1.807) is 28.8 Å². The van der Waals surface area contributed by atoms with Gasteiger partial charge in [0.15, 0.2) is 11.5 Å². The zero-order valence-electron chi connectivity index (χ0n) is 9.14. The Labute approximate surface area is 107 Å². The van der Waals surface area contributed by atoms with Gasteiger partial charge in [-0.1, -0.05) is 11.6 Å². The molecule has 4 nitrogen and oxygen atoms in total. The zero-order valence-corrected chi connectivity index (χ0v) is 9.89. The molecule has 0 aliphatic carbocycles. The van der Waals surface area contributed by atoms with E-state index in [0.29, 0.717) is 22.2 Å². The number of hydrogen-bond donors (Lipinski definition) is 1. The molecule has 0 unspecified atom stereocenters. The maximum absolute atomic E-state index is 12.9. The van der Waals surface area contributed by atoms with E-state index < -0.39 is 0 Å². The SMILES string of the molecule is Nc1cc(Cl)cn2c(-c3ccc(F)cc3)nnc12. The van der Waals surface area contributed by atoms with Crippen molar-refractivity contribution in [2.45, 2.75) is 0 Å². The third-order valence-electron chi connectivity index (χ3n) is 2.60. The number of aromatic nitrogens is 3. The van der Waals surface area contributed by atoms with Crippen LogP contribution in [0.2, 0.25) is 5.02 Å². The van der Waals surface area contributed by atoms with Crippen LogP contribution in [0, 0.1) is 5.82 Å². The van der Waals surface area contributed by atoms with Gasteiger partial charge in [0.05, 0.1) is 10.7 Å². The van der Waals surface area contributed by atoms with Gasteiger partial charge in [-0.2, -0.15) is 0 Å². The molecule has 2 N–H and O–H groups in total. The van der Waals surface area contributed by atoms with Gasteiger partial charge >= 0.3 is 0 Å². The maximum atomic E-state index is 12.9. The molecule has 1 aromatic carbocycles. The Morgan fingerprint density at radius 3 is 2.61 bits per heavy atom. The minimum absolute atomic E-state index is 0.301. The van der Waals surface area contributed by atoms with Crippen LogP contribution in [-0.2, 0) is 0 Å². The van der Waals surface area contributed by atoms with Gasteiger partial charge in [0.1, 0.15) is 5.82 Å². The van der Waals surface area contributed by atoms with Crippen molar-refractivity contribution in [3.8, 4) is 11.4 Å². The van der Waals surface area contributed by atoms with E-state index in [1.165, 1.54) is 12.1 Å². The lowest BCUT2D eigenvalue weighted by atomic mass is 10.2. The van der Waals surface area contributed by atoms with E-state index in [-0.39, 0.29) is 5.82 Å². The third-order valence-corrected chi connectivity index (χ3v) is 2.81. The average molecular weight is 263 g/mol. The number of hydrogen-bond acceptors (Lipinski definition) is 3. The molecule has 90 valence electrons. The molecular formula is C12H8ClFN4. The zero-order chi connectivity index (χ0) is 12.7. The summed E-state index contributed by atoms with van der Waals surface area (Å²) in [4.78, 5) is 0. The van der Waals surface area contributed by atoms with Crippen LogP contribution in [-0.4, -0.2) is 14.6 Å². The molecule has 0 radical (unpaired) electrons. The van der Waals surface area contributed by atoms with Crippen LogP contribution in [0.3, 0.4) is 0 Å². The Morgan fingerprint density at radius 1 is 1.17 bits per heavy atom. The van der Waals surface area contributed by atoms with Crippen LogP contribution >= 0.6 is 11.6 Å². The molecule has 0 aliphatic rings. The van der Waals surface area contributed by atoms with Crippen molar-refractivity contribution in [2.75, 3.05) is 5.73 Å². The molecule has 3 rings (SSSR count). The second kappa shape index (κ2) is 3.96. The molecule has 3 aromatic rings.